The van der Waals surface area contributed by atoms with Crippen LogP contribution >= 0.6 is 0 Å². The summed E-state index contributed by atoms with van der Waals surface area (Å²) in [7, 11) is 0. The fraction of sp³-hybridized carbons (Fsp3) is 0.0167. The summed E-state index contributed by atoms with van der Waals surface area (Å²) >= 11 is 0. The molecule has 12 rings (SSSR count). The quantitative estimate of drug-likeness (QED) is 0.164. The van der Waals surface area contributed by atoms with Gasteiger partial charge in [-0.1, -0.05) is 206 Å². The minimum Gasteiger partial charge on any atom is -0.248 e. The van der Waals surface area contributed by atoms with Crippen LogP contribution in [0.3, 0.4) is 0 Å². The van der Waals surface area contributed by atoms with Gasteiger partial charge in [0, 0.05) is 11.1 Å². The average molecular weight is 774 g/mol. The van der Waals surface area contributed by atoms with Crippen molar-refractivity contribution in [3.8, 4) is 89.3 Å². The summed E-state index contributed by atoms with van der Waals surface area (Å²) in [5.74, 6) is 0. The molecule has 0 bridgehead atoms. The zero-order chi connectivity index (χ0) is 40.3. The standard InChI is InChI=1S/C60H39N/c1-4-17-40(18-5-1)47-36-58(44-21-8-3-9-22-44)61-59(37-47)46-24-16-23-45(35-46)41-31-33-43(34-32-41)52-39-57-53(38-51(52)42-19-6-2-7-20-42)50-27-12-15-30-56(50)60(57)54-28-13-10-25-48(54)49-26-11-14-29-55(49)60/h1-39H. The number of fused-ring (bicyclic) bond motifs is 10. The number of rotatable bonds is 6. The van der Waals surface area contributed by atoms with Crippen molar-refractivity contribution in [2.24, 2.45) is 0 Å². The lowest BCUT2D eigenvalue weighted by atomic mass is 9.70. The predicted molar refractivity (Wildman–Crippen MR) is 253 cm³/mol. The summed E-state index contributed by atoms with van der Waals surface area (Å²) in [6.07, 6.45) is 0. The van der Waals surface area contributed by atoms with E-state index in [0.29, 0.717) is 0 Å². The highest BCUT2D eigenvalue weighted by atomic mass is 14.7. The SMILES string of the molecule is c1ccc(-c2cc(-c3ccccc3)nc(-c3cccc(-c4ccc(-c5cc6c(cc5-c5ccccc5)-c5ccccc5C65c6ccccc6-c6ccccc65)cc4)c3)c2)cc1. The molecule has 10 aromatic rings. The van der Waals surface area contributed by atoms with Gasteiger partial charge in [0.15, 0.2) is 0 Å². The second kappa shape index (κ2) is 14.2. The normalized spacial score (nSPS) is 12.7. The molecule has 2 aliphatic carbocycles. The third-order valence-corrected chi connectivity index (χ3v) is 12.9. The van der Waals surface area contributed by atoms with Crippen LogP contribution in [0.4, 0.5) is 0 Å². The third-order valence-electron chi connectivity index (χ3n) is 12.9. The Morgan fingerprint density at radius 2 is 0.623 bits per heavy atom. The smallest absolute Gasteiger partial charge is 0.0725 e. The van der Waals surface area contributed by atoms with Gasteiger partial charge in [-0.05, 0) is 119 Å². The van der Waals surface area contributed by atoms with E-state index in [1.165, 1.54) is 72.3 Å². The Kier molecular flexibility index (Phi) is 8.15. The first-order chi connectivity index (χ1) is 30.2. The zero-order valence-corrected chi connectivity index (χ0v) is 33.5. The topological polar surface area (TPSA) is 12.9 Å². The van der Waals surface area contributed by atoms with E-state index in [9.17, 15) is 0 Å². The van der Waals surface area contributed by atoms with Gasteiger partial charge in [-0.25, -0.2) is 4.98 Å². The highest BCUT2D eigenvalue weighted by Crippen LogP contribution is 2.63. The molecular formula is C60H39N. The Labute approximate surface area is 357 Å². The highest BCUT2D eigenvalue weighted by Gasteiger charge is 2.51. The lowest BCUT2D eigenvalue weighted by molar-refractivity contribution is 0.794. The van der Waals surface area contributed by atoms with Crippen LogP contribution in [0, 0.1) is 0 Å². The van der Waals surface area contributed by atoms with E-state index in [0.717, 1.165) is 39.2 Å². The molecule has 0 fully saturated rings. The van der Waals surface area contributed by atoms with Crippen molar-refractivity contribution in [3.05, 3.63) is 259 Å². The van der Waals surface area contributed by atoms with Crippen LogP contribution in [0.5, 0.6) is 0 Å². The van der Waals surface area contributed by atoms with E-state index in [4.69, 9.17) is 4.98 Å². The molecular weight excluding hydrogens is 735 g/mol. The monoisotopic (exact) mass is 773 g/mol. The number of aromatic nitrogens is 1. The van der Waals surface area contributed by atoms with Crippen LogP contribution in [0.2, 0.25) is 0 Å². The van der Waals surface area contributed by atoms with Gasteiger partial charge in [0.05, 0.1) is 16.8 Å². The molecule has 61 heavy (non-hydrogen) atoms. The van der Waals surface area contributed by atoms with Crippen LogP contribution in [-0.4, -0.2) is 4.98 Å². The molecule has 0 atom stereocenters. The van der Waals surface area contributed by atoms with Crippen molar-refractivity contribution < 1.29 is 0 Å². The molecule has 284 valence electrons. The van der Waals surface area contributed by atoms with Crippen molar-refractivity contribution in [3.63, 3.8) is 0 Å². The van der Waals surface area contributed by atoms with Gasteiger partial charge in [-0.15, -0.1) is 0 Å². The summed E-state index contributed by atoms with van der Waals surface area (Å²) in [6, 6.07) is 86.5. The molecule has 2 aliphatic rings. The van der Waals surface area contributed by atoms with Gasteiger partial charge in [-0.2, -0.15) is 0 Å². The first kappa shape index (κ1) is 35.1. The van der Waals surface area contributed by atoms with Gasteiger partial charge in [0.25, 0.3) is 0 Å². The summed E-state index contributed by atoms with van der Waals surface area (Å²) in [5, 5.41) is 0. The molecule has 0 saturated heterocycles. The molecule has 1 heteroatoms. The summed E-state index contributed by atoms with van der Waals surface area (Å²) in [5.41, 5.74) is 23.9. The molecule has 1 heterocycles. The number of nitrogens with zero attached hydrogens (tertiary/aromatic N) is 1. The highest BCUT2D eigenvalue weighted by molar-refractivity contribution is 5.99. The lowest BCUT2D eigenvalue weighted by Crippen LogP contribution is -2.25. The second-order valence-corrected chi connectivity index (χ2v) is 16.2. The second-order valence-electron chi connectivity index (χ2n) is 16.2. The third kappa shape index (κ3) is 5.59. The van der Waals surface area contributed by atoms with Gasteiger partial charge >= 0.3 is 0 Å². The maximum atomic E-state index is 5.23. The van der Waals surface area contributed by atoms with Crippen LogP contribution in [-0.2, 0) is 5.41 Å². The number of pyridine rings is 1. The fourth-order valence-corrected chi connectivity index (χ4v) is 10.2. The Morgan fingerprint density at radius 1 is 0.213 bits per heavy atom. The van der Waals surface area contributed by atoms with Gasteiger partial charge in [0.2, 0.25) is 0 Å². The van der Waals surface area contributed by atoms with E-state index in [1.54, 1.807) is 0 Å². The van der Waals surface area contributed by atoms with E-state index < -0.39 is 5.41 Å². The number of hydrogen-bond acceptors (Lipinski definition) is 1. The minimum absolute atomic E-state index is 0.407. The van der Waals surface area contributed by atoms with E-state index >= 15 is 0 Å². The van der Waals surface area contributed by atoms with Crippen molar-refractivity contribution in [1.82, 2.24) is 4.98 Å². The number of benzene rings is 9. The Bertz CT molecular complexity index is 3170. The predicted octanol–water partition coefficient (Wildman–Crippen LogP) is 15.4. The first-order valence-electron chi connectivity index (χ1n) is 21.1. The van der Waals surface area contributed by atoms with Crippen molar-refractivity contribution in [2.45, 2.75) is 5.41 Å². The molecule has 0 amide bonds. The maximum Gasteiger partial charge on any atom is 0.0725 e. The molecule has 0 aliphatic heterocycles. The Morgan fingerprint density at radius 3 is 1.23 bits per heavy atom. The lowest BCUT2D eigenvalue weighted by Gasteiger charge is -2.31. The largest absolute Gasteiger partial charge is 0.248 e. The molecule has 9 aromatic carbocycles. The van der Waals surface area contributed by atoms with Gasteiger partial charge in [-0.3, -0.25) is 0 Å². The molecule has 1 aromatic heterocycles. The van der Waals surface area contributed by atoms with Gasteiger partial charge < -0.3 is 0 Å². The molecule has 1 nitrogen and oxygen atoms in total. The summed E-state index contributed by atoms with van der Waals surface area (Å²) in [4.78, 5) is 5.23. The van der Waals surface area contributed by atoms with Crippen molar-refractivity contribution >= 4 is 0 Å². The van der Waals surface area contributed by atoms with Crippen molar-refractivity contribution in [2.75, 3.05) is 0 Å². The van der Waals surface area contributed by atoms with Gasteiger partial charge in [0.1, 0.15) is 0 Å². The fourth-order valence-electron chi connectivity index (χ4n) is 10.2. The van der Waals surface area contributed by atoms with Crippen LogP contribution < -0.4 is 0 Å². The minimum atomic E-state index is -0.407. The average Bonchev–Trinajstić information content (AvgIpc) is 3.81. The maximum absolute atomic E-state index is 5.23. The molecule has 0 radical (unpaired) electrons. The van der Waals surface area contributed by atoms with Crippen LogP contribution in [0.15, 0.2) is 237 Å². The first-order valence-corrected chi connectivity index (χ1v) is 21.1. The molecule has 1 spiro atoms. The Balaban J connectivity index is 0.995. The summed E-state index contributed by atoms with van der Waals surface area (Å²) in [6.45, 7) is 0. The Hall–Kier alpha value is -7.87. The zero-order valence-electron chi connectivity index (χ0n) is 33.5. The molecule has 0 N–H and O–H groups in total. The van der Waals surface area contributed by atoms with E-state index in [2.05, 4.69) is 237 Å². The van der Waals surface area contributed by atoms with E-state index in [-0.39, 0.29) is 0 Å². The number of hydrogen-bond donors (Lipinski definition) is 0. The summed E-state index contributed by atoms with van der Waals surface area (Å²) < 4.78 is 0. The molecule has 0 unspecified atom stereocenters. The molecule has 0 saturated carbocycles. The van der Waals surface area contributed by atoms with Crippen LogP contribution in [0.25, 0.3) is 89.3 Å². The van der Waals surface area contributed by atoms with Crippen molar-refractivity contribution in [1.29, 1.82) is 0 Å². The van der Waals surface area contributed by atoms with Crippen LogP contribution in [0.1, 0.15) is 22.3 Å². The van der Waals surface area contributed by atoms with E-state index in [1.807, 2.05) is 0 Å².